The molecule has 2 amide bonds. The van der Waals surface area contributed by atoms with E-state index < -0.39 is 5.54 Å². The molecule has 1 fully saturated rings. The number of rotatable bonds is 4. The molecule has 0 unspecified atom stereocenters. The van der Waals surface area contributed by atoms with Crippen molar-refractivity contribution in [2.75, 3.05) is 0 Å². The summed E-state index contributed by atoms with van der Waals surface area (Å²) in [4.78, 5) is 29.0. The van der Waals surface area contributed by atoms with Crippen molar-refractivity contribution < 1.29 is 9.59 Å². The summed E-state index contributed by atoms with van der Waals surface area (Å²) in [6.07, 6.45) is 8.72. The average Bonchev–Trinajstić information content (AvgIpc) is 2.74. The van der Waals surface area contributed by atoms with Gasteiger partial charge in [0, 0.05) is 24.6 Å². The maximum absolute atomic E-state index is 13.7. The van der Waals surface area contributed by atoms with Crippen LogP contribution in [0.25, 0.3) is 0 Å². The van der Waals surface area contributed by atoms with Crippen LogP contribution in [0, 0.1) is 6.92 Å². The van der Waals surface area contributed by atoms with E-state index in [1.807, 2.05) is 31.2 Å². The Morgan fingerprint density at radius 3 is 2.35 bits per heavy atom. The van der Waals surface area contributed by atoms with Gasteiger partial charge >= 0.3 is 0 Å². The number of aryl methyl sites for hydroxylation is 1. The largest absolute Gasteiger partial charge is 0.351 e. The highest BCUT2D eigenvalue weighted by Gasteiger charge is 2.47. The van der Waals surface area contributed by atoms with Gasteiger partial charge in [-0.25, -0.2) is 0 Å². The molecule has 0 bridgehead atoms. The molecule has 2 aliphatic rings. The molecular formula is C27H34N2O2. The third-order valence-corrected chi connectivity index (χ3v) is 7.01. The molecule has 2 aromatic carbocycles. The van der Waals surface area contributed by atoms with Crippen LogP contribution in [0.2, 0.25) is 0 Å². The molecule has 1 N–H and O–H groups in total. The Balaban J connectivity index is 1.62. The molecule has 1 saturated carbocycles. The smallest absolute Gasteiger partial charge is 0.255 e. The Bertz CT molecular complexity index is 929. The van der Waals surface area contributed by atoms with Crippen LogP contribution in [0.3, 0.4) is 0 Å². The van der Waals surface area contributed by atoms with E-state index in [0.29, 0.717) is 18.5 Å². The first-order valence-electron chi connectivity index (χ1n) is 11.7. The summed E-state index contributed by atoms with van der Waals surface area (Å²) in [7, 11) is 0. The Labute approximate surface area is 186 Å². The Hall–Kier alpha value is -2.62. The molecular weight excluding hydrogens is 384 g/mol. The topological polar surface area (TPSA) is 49.4 Å². The zero-order chi connectivity index (χ0) is 21.8. The number of nitrogens with one attached hydrogen (secondary N) is 1. The van der Waals surface area contributed by atoms with Crippen LogP contribution in [0.1, 0.15) is 78.9 Å². The van der Waals surface area contributed by atoms with Gasteiger partial charge < -0.3 is 10.2 Å². The molecule has 0 aromatic heterocycles. The zero-order valence-corrected chi connectivity index (χ0v) is 18.8. The number of benzene rings is 2. The minimum absolute atomic E-state index is 0.0203. The molecule has 4 nitrogen and oxygen atoms in total. The van der Waals surface area contributed by atoms with Crippen LogP contribution in [-0.4, -0.2) is 28.3 Å². The fraction of sp³-hybridized carbons (Fsp3) is 0.481. The van der Waals surface area contributed by atoms with Crippen LogP contribution < -0.4 is 5.32 Å². The molecule has 4 rings (SSSR count). The van der Waals surface area contributed by atoms with Gasteiger partial charge in [0.05, 0.1) is 0 Å². The summed E-state index contributed by atoms with van der Waals surface area (Å²) in [6.45, 7) is 4.42. The van der Waals surface area contributed by atoms with Crippen molar-refractivity contribution in [2.45, 2.75) is 83.3 Å². The number of carbonyl (C=O) groups is 2. The average molecular weight is 419 g/mol. The fourth-order valence-electron chi connectivity index (χ4n) is 4.99. The molecule has 0 saturated heterocycles. The van der Waals surface area contributed by atoms with Gasteiger partial charge in [-0.1, -0.05) is 80.1 Å². The molecule has 1 aliphatic heterocycles. The second-order valence-corrected chi connectivity index (χ2v) is 9.50. The maximum Gasteiger partial charge on any atom is 0.255 e. The van der Waals surface area contributed by atoms with Gasteiger partial charge in [-0.05, 0) is 43.9 Å². The molecule has 1 heterocycles. The van der Waals surface area contributed by atoms with Crippen molar-refractivity contribution in [1.29, 1.82) is 0 Å². The minimum Gasteiger partial charge on any atom is -0.351 e. The maximum atomic E-state index is 13.7. The minimum atomic E-state index is -0.904. The lowest BCUT2D eigenvalue weighted by atomic mass is 9.82. The molecule has 4 heteroatoms. The first-order chi connectivity index (χ1) is 15.0. The van der Waals surface area contributed by atoms with Crippen molar-refractivity contribution in [3.8, 4) is 0 Å². The van der Waals surface area contributed by atoms with E-state index in [1.165, 1.54) is 24.8 Å². The van der Waals surface area contributed by atoms with Gasteiger partial charge in [-0.2, -0.15) is 0 Å². The highest BCUT2D eigenvalue weighted by Crippen LogP contribution is 2.33. The second-order valence-electron chi connectivity index (χ2n) is 9.50. The van der Waals surface area contributed by atoms with Gasteiger partial charge in [0.1, 0.15) is 5.54 Å². The standard InChI is InChI=1S/C27H34N2O2/c1-20-14-16-21(17-15-20)19-29-25(30)24-13-9-8-10-22(24)18-27(29,2)26(31)28-23-11-6-4-3-5-7-12-23/h8-10,13-17,23H,3-7,11-12,18-19H2,1-2H3,(H,28,31)/t27-/m1/s1. The molecule has 0 radical (unpaired) electrons. The van der Waals surface area contributed by atoms with Crippen molar-refractivity contribution in [2.24, 2.45) is 0 Å². The first-order valence-corrected chi connectivity index (χ1v) is 11.7. The van der Waals surface area contributed by atoms with Gasteiger partial charge in [0.2, 0.25) is 5.91 Å². The lowest BCUT2D eigenvalue weighted by Gasteiger charge is -2.44. The van der Waals surface area contributed by atoms with E-state index in [2.05, 4.69) is 36.5 Å². The number of hydrogen-bond donors (Lipinski definition) is 1. The van der Waals surface area contributed by atoms with Gasteiger partial charge in [0.15, 0.2) is 0 Å². The predicted octanol–water partition coefficient (Wildman–Crippen LogP) is 5.18. The van der Waals surface area contributed by atoms with Crippen LogP contribution in [-0.2, 0) is 17.8 Å². The lowest BCUT2D eigenvalue weighted by molar-refractivity contribution is -0.132. The van der Waals surface area contributed by atoms with Crippen LogP contribution in [0.15, 0.2) is 48.5 Å². The van der Waals surface area contributed by atoms with E-state index in [1.54, 1.807) is 4.90 Å². The monoisotopic (exact) mass is 418 g/mol. The Morgan fingerprint density at radius 1 is 1.00 bits per heavy atom. The molecule has 2 aromatic rings. The van der Waals surface area contributed by atoms with E-state index in [-0.39, 0.29) is 17.9 Å². The van der Waals surface area contributed by atoms with Crippen molar-refractivity contribution in [3.05, 3.63) is 70.8 Å². The van der Waals surface area contributed by atoms with Gasteiger partial charge in [0.25, 0.3) is 5.91 Å². The quantitative estimate of drug-likeness (QED) is 0.744. The Morgan fingerprint density at radius 2 is 1.65 bits per heavy atom. The Kier molecular flexibility index (Phi) is 6.45. The summed E-state index contributed by atoms with van der Waals surface area (Å²) >= 11 is 0. The number of fused-ring (bicyclic) bond motifs is 1. The van der Waals surface area contributed by atoms with E-state index in [9.17, 15) is 9.59 Å². The summed E-state index contributed by atoms with van der Waals surface area (Å²) in [5.74, 6) is -0.0780. The van der Waals surface area contributed by atoms with Crippen LogP contribution in [0.4, 0.5) is 0 Å². The molecule has 31 heavy (non-hydrogen) atoms. The van der Waals surface area contributed by atoms with E-state index in [4.69, 9.17) is 0 Å². The zero-order valence-electron chi connectivity index (χ0n) is 18.8. The number of nitrogens with zero attached hydrogens (tertiary/aromatic N) is 1. The molecule has 0 spiro atoms. The van der Waals surface area contributed by atoms with Crippen LogP contribution in [0.5, 0.6) is 0 Å². The molecule has 1 atom stereocenters. The van der Waals surface area contributed by atoms with Crippen LogP contribution >= 0.6 is 0 Å². The highest BCUT2D eigenvalue weighted by atomic mass is 16.2. The third kappa shape index (κ3) is 4.68. The summed E-state index contributed by atoms with van der Waals surface area (Å²) in [5.41, 5.74) is 3.00. The van der Waals surface area contributed by atoms with E-state index in [0.717, 1.165) is 36.8 Å². The molecule has 1 aliphatic carbocycles. The molecule has 164 valence electrons. The summed E-state index contributed by atoms with van der Waals surface area (Å²) < 4.78 is 0. The van der Waals surface area contributed by atoms with E-state index >= 15 is 0 Å². The van der Waals surface area contributed by atoms with Gasteiger partial charge in [-0.3, -0.25) is 9.59 Å². The fourth-order valence-corrected chi connectivity index (χ4v) is 4.99. The normalized spacial score (nSPS) is 22.4. The highest BCUT2D eigenvalue weighted by molar-refractivity contribution is 6.02. The SMILES string of the molecule is Cc1ccc(CN2C(=O)c3ccccc3C[C@]2(C)C(=O)NC2CCCCCCC2)cc1. The number of carbonyl (C=O) groups excluding carboxylic acids is 2. The van der Waals surface area contributed by atoms with Crippen molar-refractivity contribution in [3.63, 3.8) is 0 Å². The summed E-state index contributed by atoms with van der Waals surface area (Å²) in [5, 5.41) is 3.34. The second kappa shape index (κ2) is 9.25. The van der Waals surface area contributed by atoms with Crippen molar-refractivity contribution in [1.82, 2.24) is 10.2 Å². The lowest BCUT2D eigenvalue weighted by Crippen LogP contribution is -2.63. The summed E-state index contributed by atoms with van der Waals surface area (Å²) in [6, 6.07) is 16.1. The van der Waals surface area contributed by atoms with Gasteiger partial charge in [-0.15, -0.1) is 0 Å². The first kappa shape index (κ1) is 21.6. The number of hydrogen-bond acceptors (Lipinski definition) is 2. The number of amides is 2. The predicted molar refractivity (Wildman–Crippen MR) is 124 cm³/mol. The van der Waals surface area contributed by atoms with Crippen molar-refractivity contribution >= 4 is 11.8 Å². The third-order valence-electron chi connectivity index (χ3n) is 7.01.